The fourth-order valence-electron chi connectivity index (χ4n) is 2.44. The van der Waals surface area contributed by atoms with Crippen molar-refractivity contribution >= 4 is 11.3 Å². The molecule has 2 nitrogen and oxygen atoms in total. The Morgan fingerprint density at radius 1 is 1.56 bits per heavy atom. The van der Waals surface area contributed by atoms with Crippen LogP contribution in [0.25, 0.3) is 0 Å². The Hall–Kier alpha value is -0.380. The molecule has 3 unspecified atom stereocenters. The summed E-state index contributed by atoms with van der Waals surface area (Å²) in [6.07, 6.45) is 4.38. The van der Waals surface area contributed by atoms with Crippen LogP contribution in [0, 0.1) is 5.92 Å². The van der Waals surface area contributed by atoms with E-state index in [0.717, 1.165) is 19.4 Å². The van der Waals surface area contributed by atoms with Gasteiger partial charge in [0.25, 0.3) is 0 Å². The van der Waals surface area contributed by atoms with Gasteiger partial charge in [0.15, 0.2) is 0 Å². The summed E-state index contributed by atoms with van der Waals surface area (Å²) in [5.74, 6) is 0.477. The average Bonchev–Trinajstić information content (AvgIpc) is 2.87. The lowest BCUT2D eigenvalue weighted by Crippen LogP contribution is -2.35. The van der Waals surface area contributed by atoms with Gasteiger partial charge in [-0.2, -0.15) is 11.3 Å². The Morgan fingerprint density at radius 3 is 3.06 bits per heavy atom. The number of thiophene rings is 1. The predicted octanol–water partition coefficient (Wildman–Crippen LogP) is 2.43. The van der Waals surface area contributed by atoms with E-state index in [9.17, 15) is 5.11 Å². The van der Waals surface area contributed by atoms with E-state index in [2.05, 4.69) is 29.1 Å². The van der Waals surface area contributed by atoms with Gasteiger partial charge in [0.05, 0.1) is 6.10 Å². The molecule has 0 amide bonds. The highest BCUT2D eigenvalue weighted by Crippen LogP contribution is 2.24. The molecule has 16 heavy (non-hydrogen) atoms. The summed E-state index contributed by atoms with van der Waals surface area (Å²) in [4.78, 5) is 0. The lowest BCUT2D eigenvalue weighted by atomic mass is 10.0. The molecule has 1 aromatic rings. The first-order chi connectivity index (χ1) is 7.75. The molecule has 1 aromatic heterocycles. The van der Waals surface area contributed by atoms with Crippen molar-refractivity contribution in [3.8, 4) is 0 Å². The molecule has 1 saturated carbocycles. The van der Waals surface area contributed by atoms with E-state index in [1.165, 1.54) is 18.4 Å². The maximum Gasteiger partial charge on any atom is 0.0580 e. The number of aliphatic hydroxyl groups is 1. The highest BCUT2D eigenvalue weighted by molar-refractivity contribution is 7.07. The Labute approximate surface area is 102 Å². The molecule has 1 aliphatic carbocycles. The molecular weight excluding hydrogens is 218 g/mol. The van der Waals surface area contributed by atoms with Gasteiger partial charge in [-0.3, -0.25) is 0 Å². The van der Waals surface area contributed by atoms with Gasteiger partial charge in [0.2, 0.25) is 0 Å². The molecule has 1 fully saturated rings. The fourth-order valence-corrected chi connectivity index (χ4v) is 3.12. The molecule has 3 atom stereocenters. The largest absolute Gasteiger partial charge is 0.393 e. The molecule has 0 bridgehead atoms. The van der Waals surface area contributed by atoms with Crippen molar-refractivity contribution < 1.29 is 5.11 Å². The minimum atomic E-state index is -0.0687. The normalized spacial score (nSPS) is 27.1. The van der Waals surface area contributed by atoms with Crippen LogP contribution < -0.4 is 5.32 Å². The average molecular weight is 239 g/mol. The summed E-state index contributed by atoms with van der Waals surface area (Å²) in [6.45, 7) is 3.19. The molecule has 1 heterocycles. The van der Waals surface area contributed by atoms with Crippen molar-refractivity contribution in [2.24, 2.45) is 5.92 Å². The smallest absolute Gasteiger partial charge is 0.0580 e. The lowest BCUT2D eigenvalue weighted by Gasteiger charge is -2.19. The van der Waals surface area contributed by atoms with E-state index in [1.807, 2.05) is 0 Å². The molecule has 0 saturated heterocycles. The number of aliphatic hydroxyl groups excluding tert-OH is 1. The maximum atomic E-state index is 9.72. The van der Waals surface area contributed by atoms with E-state index in [4.69, 9.17) is 0 Å². The Bertz CT molecular complexity index is 299. The first kappa shape index (κ1) is 12.1. The van der Waals surface area contributed by atoms with Gasteiger partial charge in [-0.15, -0.1) is 0 Å². The second kappa shape index (κ2) is 5.80. The van der Waals surface area contributed by atoms with Gasteiger partial charge in [-0.25, -0.2) is 0 Å². The van der Waals surface area contributed by atoms with Gasteiger partial charge < -0.3 is 10.4 Å². The van der Waals surface area contributed by atoms with Crippen molar-refractivity contribution in [1.29, 1.82) is 0 Å². The number of nitrogens with one attached hydrogen (secondary N) is 1. The van der Waals surface area contributed by atoms with Crippen molar-refractivity contribution in [2.45, 2.75) is 44.8 Å². The lowest BCUT2D eigenvalue weighted by molar-refractivity contribution is 0.130. The van der Waals surface area contributed by atoms with Crippen LogP contribution in [0.5, 0.6) is 0 Å². The molecule has 0 aromatic carbocycles. The standard InChI is InChI=1S/C13H21NOS/c1-10(7-11-5-6-16-9-11)14-8-12-3-2-4-13(12)15/h5-6,9-10,12-15H,2-4,7-8H2,1H3. The van der Waals surface area contributed by atoms with Crippen molar-refractivity contribution in [3.05, 3.63) is 22.4 Å². The first-order valence-electron chi connectivity index (χ1n) is 6.18. The molecular formula is C13H21NOS. The summed E-state index contributed by atoms with van der Waals surface area (Å²) < 4.78 is 0. The van der Waals surface area contributed by atoms with Crippen LogP contribution in [0.15, 0.2) is 16.8 Å². The molecule has 90 valence electrons. The minimum Gasteiger partial charge on any atom is -0.393 e. The molecule has 2 N–H and O–H groups in total. The molecule has 0 spiro atoms. The predicted molar refractivity (Wildman–Crippen MR) is 68.8 cm³/mol. The van der Waals surface area contributed by atoms with E-state index in [-0.39, 0.29) is 6.10 Å². The Morgan fingerprint density at radius 2 is 2.44 bits per heavy atom. The summed E-state index contributed by atoms with van der Waals surface area (Å²) in [7, 11) is 0. The van der Waals surface area contributed by atoms with Crippen LogP contribution in [0.3, 0.4) is 0 Å². The SMILES string of the molecule is CC(Cc1ccsc1)NCC1CCCC1O. The van der Waals surface area contributed by atoms with Gasteiger partial charge >= 0.3 is 0 Å². The molecule has 1 aliphatic rings. The second-order valence-electron chi connectivity index (χ2n) is 4.90. The van der Waals surface area contributed by atoms with Crippen LogP contribution in [0.1, 0.15) is 31.7 Å². The number of rotatable bonds is 5. The van der Waals surface area contributed by atoms with Gasteiger partial charge in [-0.05, 0) is 54.5 Å². The third-order valence-corrected chi connectivity index (χ3v) is 4.20. The zero-order chi connectivity index (χ0) is 11.4. The van der Waals surface area contributed by atoms with E-state index in [0.29, 0.717) is 12.0 Å². The number of hydrogen-bond donors (Lipinski definition) is 2. The summed E-state index contributed by atoms with van der Waals surface area (Å²) in [5.41, 5.74) is 1.41. The zero-order valence-corrected chi connectivity index (χ0v) is 10.7. The minimum absolute atomic E-state index is 0.0687. The monoisotopic (exact) mass is 239 g/mol. The van der Waals surface area contributed by atoms with Crippen LogP contribution in [0.4, 0.5) is 0 Å². The molecule has 2 rings (SSSR count). The van der Waals surface area contributed by atoms with Crippen molar-refractivity contribution in [3.63, 3.8) is 0 Å². The third-order valence-electron chi connectivity index (χ3n) is 3.47. The van der Waals surface area contributed by atoms with Crippen LogP contribution in [-0.4, -0.2) is 23.8 Å². The van der Waals surface area contributed by atoms with E-state index >= 15 is 0 Å². The highest BCUT2D eigenvalue weighted by atomic mass is 32.1. The van der Waals surface area contributed by atoms with Crippen molar-refractivity contribution in [1.82, 2.24) is 5.32 Å². The van der Waals surface area contributed by atoms with E-state index < -0.39 is 0 Å². The molecule has 0 radical (unpaired) electrons. The summed E-state index contributed by atoms with van der Waals surface area (Å²) >= 11 is 1.76. The maximum absolute atomic E-state index is 9.72. The highest BCUT2D eigenvalue weighted by Gasteiger charge is 2.24. The number of hydrogen-bond acceptors (Lipinski definition) is 3. The van der Waals surface area contributed by atoms with E-state index in [1.54, 1.807) is 11.3 Å². The third kappa shape index (κ3) is 3.30. The summed E-state index contributed by atoms with van der Waals surface area (Å²) in [6, 6.07) is 2.69. The zero-order valence-electron chi connectivity index (χ0n) is 9.86. The van der Waals surface area contributed by atoms with Crippen molar-refractivity contribution in [2.75, 3.05) is 6.54 Å². The van der Waals surface area contributed by atoms with Crippen LogP contribution >= 0.6 is 11.3 Å². The van der Waals surface area contributed by atoms with Gasteiger partial charge in [0, 0.05) is 12.6 Å². The first-order valence-corrected chi connectivity index (χ1v) is 7.12. The summed E-state index contributed by atoms with van der Waals surface area (Å²) in [5, 5.41) is 17.6. The quantitative estimate of drug-likeness (QED) is 0.827. The van der Waals surface area contributed by atoms with Crippen LogP contribution in [-0.2, 0) is 6.42 Å². The van der Waals surface area contributed by atoms with Crippen LogP contribution in [0.2, 0.25) is 0 Å². The molecule has 3 heteroatoms. The fraction of sp³-hybridized carbons (Fsp3) is 0.692. The van der Waals surface area contributed by atoms with Gasteiger partial charge in [0.1, 0.15) is 0 Å². The van der Waals surface area contributed by atoms with Gasteiger partial charge in [-0.1, -0.05) is 6.42 Å². The topological polar surface area (TPSA) is 32.3 Å². The Balaban J connectivity index is 1.69. The second-order valence-corrected chi connectivity index (χ2v) is 5.68. The Kier molecular flexibility index (Phi) is 4.38. The molecule has 0 aliphatic heterocycles.